The van der Waals surface area contributed by atoms with E-state index in [1.165, 1.54) is 21.6 Å². The van der Waals surface area contributed by atoms with Gasteiger partial charge in [0.2, 0.25) is 11.8 Å². The first-order chi connectivity index (χ1) is 19.3. The number of guanidine groups is 1. The molecule has 5 N–H and O–H groups in total. The second kappa shape index (κ2) is 11.8. The standard InChI is InChI=1S/C28H25N5O5S2/c29-28(30)32-24(35)19-15-40-26-21(31-20(34)14-18-12-7-13-39-18)25(36)33(26)22(19)27(37)38-23(16-8-3-1-4-9-16)17-10-5-2-6-11-17/h1-13,15,21-23,26H,14H2,(H,31,34)(H4,29,30,32,35)/t21?,22?,26-/m1/s1. The summed E-state index contributed by atoms with van der Waals surface area (Å²) in [6.07, 6.45) is -0.680. The van der Waals surface area contributed by atoms with E-state index in [-0.39, 0.29) is 17.9 Å². The van der Waals surface area contributed by atoms with Gasteiger partial charge in [-0.3, -0.25) is 25.1 Å². The molecule has 0 saturated carbocycles. The van der Waals surface area contributed by atoms with Crippen molar-refractivity contribution < 1.29 is 23.9 Å². The first kappa shape index (κ1) is 27.2. The van der Waals surface area contributed by atoms with Crippen molar-refractivity contribution in [2.75, 3.05) is 0 Å². The summed E-state index contributed by atoms with van der Waals surface area (Å²) in [5, 5.41) is 15.1. The second-order valence-corrected chi connectivity index (χ2v) is 11.1. The smallest absolute Gasteiger partial charge is 0.334 e. The average Bonchev–Trinajstić information content (AvgIpc) is 3.47. The lowest BCUT2D eigenvalue weighted by Crippen LogP contribution is -2.74. The molecule has 2 aromatic carbocycles. The summed E-state index contributed by atoms with van der Waals surface area (Å²) in [7, 11) is 0. The van der Waals surface area contributed by atoms with Gasteiger partial charge in [-0.15, -0.1) is 23.1 Å². The molecule has 3 amide bonds. The molecule has 2 aliphatic heterocycles. The number of fused-ring (bicyclic) bond motifs is 1. The lowest BCUT2D eigenvalue weighted by molar-refractivity contribution is -0.165. The highest BCUT2D eigenvalue weighted by Crippen LogP contribution is 2.41. The van der Waals surface area contributed by atoms with Gasteiger partial charge in [-0.25, -0.2) is 4.79 Å². The second-order valence-electron chi connectivity index (χ2n) is 9.06. The number of nitrogens with one attached hydrogen (secondary N) is 3. The van der Waals surface area contributed by atoms with Crippen molar-refractivity contribution in [2.24, 2.45) is 5.73 Å². The van der Waals surface area contributed by atoms with E-state index >= 15 is 0 Å². The van der Waals surface area contributed by atoms with Crippen LogP contribution < -0.4 is 16.4 Å². The number of nitrogens with zero attached hydrogens (tertiary/aromatic N) is 1. The third kappa shape index (κ3) is 5.63. The van der Waals surface area contributed by atoms with Gasteiger partial charge in [0, 0.05) is 4.88 Å². The Morgan fingerprint density at radius 1 is 1.00 bits per heavy atom. The number of ether oxygens (including phenoxy) is 1. The van der Waals surface area contributed by atoms with Gasteiger partial charge >= 0.3 is 5.97 Å². The topological polar surface area (TPSA) is 155 Å². The van der Waals surface area contributed by atoms with Crippen molar-refractivity contribution in [1.29, 1.82) is 5.41 Å². The van der Waals surface area contributed by atoms with E-state index in [0.717, 1.165) is 16.6 Å². The number of rotatable bonds is 8. The maximum Gasteiger partial charge on any atom is 0.334 e. The zero-order valence-corrected chi connectivity index (χ0v) is 22.6. The molecule has 0 bridgehead atoms. The molecule has 0 radical (unpaired) electrons. The van der Waals surface area contributed by atoms with E-state index in [4.69, 9.17) is 15.9 Å². The van der Waals surface area contributed by atoms with E-state index in [1.54, 1.807) is 0 Å². The Balaban J connectivity index is 1.41. The van der Waals surface area contributed by atoms with E-state index < -0.39 is 47.3 Å². The molecule has 3 aromatic rings. The zero-order valence-electron chi connectivity index (χ0n) is 21.0. The predicted octanol–water partition coefficient (Wildman–Crippen LogP) is 2.29. The van der Waals surface area contributed by atoms with Crippen LogP contribution in [0.5, 0.6) is 0 Å². The number of amides is 3. The third-order valence-electron chi connectivity index (χ3n) is 6.39. The summed E-state index contributed by atoms with van der Waals surface area (Å²) in [6.45, 7) is 0. The fourth-order valence-corrected chi connectivity index (χ4v) is 6.49. The molecule has 40 heavy (non-hydrogen) atoms. The van der Waals surface area contributed by atoms with Crippen LogP contribution in [0.1, 0.15) is 22.1 Å². The Hall–Kier alpha value is -4.42. The SMILES string of the molecule is N=C(N)NC(=O)C1=CS[C@@H]2C(NC(=O)Cc3cccs3)C(=O)N2C1C(=O)OC(c1ccccc1)c1ccccc1. The van der Waals surface area contributed by atoms with Crippen LogP contribution in [-0.4, -0.2) is 52.0 Å². The number of carbonyl (C=O) groups excluding carboxylic acids is 4. The summed E-state index contributed by atoms with van der Waals surface area (Å²) in [5.74, 6) is -3.07. The van der Waals surface area contributed by atoms with Gasteiger partial charge in [0.25, 0.3) is 5.91 Å². The summed E-state index contributed by atoms with van der Waals surface area (Å²) < 4.78 is 6.00. The quantitative estimate of drug-likeness (QED) is 0.139. The lowest BCUT2D eigenvalue weighted by atomic mass is 9.96. The molecule has 5 rings (SSSR count). The molecule has 2 unspecified atom stereocenters. The van der Waals surface area contributed by atoms with Crippen LogP contribution in [0.4, 0.5) is 0 Å². The van der Waals surface area contributed by atoms with Gasteiger partial charge in [-0.1, -0.05) is 66.7 Å². The normalized spacial score (nSPS) is 19.6. The molecule has 0 spiro atoms. The highest BCUT2D eigenvalue weighted by Gasteiger charge is 2.57. The van der Waals surface area contributed by atoms with Gasteiger partial charge in [-0.05, 0) is 28.0 Å². The van der Waals surface area contributed by atoms with Crippen molar-refractivity contribution in [1.82, 2.24) is 15.5 Å². The number of carbonyl (C=O) groups is 4. The Bertz CT molecular complexity index is 1420. The number of hydrogen-bond donors (Lipinski definition) is 4. The van der Waals surface area contributed by atoms with Crippen LogP contribution in [0.25, 0.3) is 0 Å². The summed E-state index contributed by atoms with van der Waals surface area (Å²) in [5.41, 5.74) is 6.69. The molecular weight excluding hydrogens is 550 g/mol. The van der Waals surface area contributed by atoms with E-state index in [1.807, 2.05) is 78.2 Å². The van der Waals surface area contributed by atoms with Crippen LogP contribution in [0, 0.1) is 5.41 Å². The average molecular weight is 576 g/mol. The third-order valence-corrected chi connectivity index (χ3v) is 8.44. The summed E-state index contributed by atoms with van der Waals surface area (Å²) >= 11 is 2.56. The molecule has 0 aliphatic carbocycles. The minimum Gasteiger partial charge on any atom is -0.451 e. The van der Waals surface area contributed by atoms with Crippen LogP contribution in [0.15, 0.2) is 89.2 Å². The number of β-lactam (4-membered cyclic amide) rings is 1. The molecular formula is C28H25N5O5S2. The summed E-state index contributed by atoms with van der Waals surface area (Å²) in [4.78, 5) is 54.8. The molecule has 1 saturated heterocycles. The molecule has 1 aromatic heterocycles. The van der Waals surface area contributed by atoms with Gasteiger partial charge in [0.15, 0.2) is 18.1 Å². The number of hydrogen-bond acceptors (Lipinski definition) is 8. The van der Waals surface area contributed by atoms with Gasteiger partial charge in [0.05, 0.1) is 12.0 Å². The fourth-order valence-electron chi connectivity index (χ4n) is 4.57. The van der Waals surface area contributed by atoms with Crippen molar-refractivity contribution in [3.8, 4) is 0 Å². The highest BCUT2D eigenvalue weighted by atomic mass is 32.2. The van der Waals surface area contributed by atoms with Crippen molar-refractivity contribution in [2.45, 2.75) is 30.0 Å². The largest absolute Gasteiger partial charge is 0.451 e. The highest BCUT2D eigenvalue weighted by molar-refractivity contribution is 8.03. The number of thiophene rings is 1. The molecule has 10 nitrogen and oxygen atoms in total. The van der Waals surface area contributed by atoms with E-state index in [9.17, 15) is 19.2 Å². The minimum absolute atomic E-state index is 0.0852. The number of nitrogens with two attached hydrogens (primary N) is 1. The first-order valence-corrected chi connectivity index (χ1v) is 14.1. The Morgan fingerprint density at radius 3 is 2.23 bits per heavy atom. The Labute approximate surface area is 238 Å². The minimum atomic E-state index is -1.40. The molecule has 204 valence electrons. The van der Waals surface area contributed by atoms with Crippen LogP contribution in [0.2, 0.25) is 0 Å². The van der Waals surface area contributed by atoms with Crippen molar-refractivity contribution in [3.05, 3.63) is 105 Å². The number of benzene rings is 2. The maximum atomic E-state index is 13.8. The zero-order chi connectivity index (χ0) is 28.2. The van der Waals surface area contributed by atoms with Crippen LogP contribution >= 0.6 is 23.1 Å². The Kier molecular flexibility index (Phi) is 7.99. The number of thioether (sulfide) groups is 1. The van der Waals surface area contributed by atoms with E-state index in [0.29, 0.717) is 11.1 Å². The summed E-state index contributed by atoms with van der Waals surface area (Å²) in [6, 6.07) is 19.6. The molecule has 2 aliphatic rings. The van der Waals surface area contributed by atoms with Crippen LogP contribution in [0.3, 0.4) is 0 Å². The van der Waals surface area contributed by atoms with Gasteiger partial charge in [-0.2, -0.15) is 0 Å². The van der Waals surface area contributed by atoms with Gasteiger partial charge in [0.1, 0.15) is 11.4 Å². The van der Waals surface area contributed by atoms with E-state index in [2.05, 4.69) is 10.6 Å². The lowest BCUT2D eigenvalue weighted by Gasteiger charge is -2.51. The monoisotopic (exact) mass is 575 g/mol. The first-order valence-electron chi connectivity index (χ1n) is 12.3. The molecule has 1 fully saturated rings. The molecule has 3 heterocycles. The van der Waals surface area contributed by atoms with Gasteiger partial charge < -0.3 is 20.7 Å². The van der Waals surface area contributed by atoms with Crippen molar-refractivity contribution in [3.63, 3.8) is 0 Å². The fraction of sp³-hybridized carbons (Fsp3) is 0.179. The van der Waals surface area contributed by atoms with Crippen molar-refractivity contribution >= 4 is 52.7 Å². The predicted molar refractivity (Wildman–Crippen MR) is 151 cm³/mol. The molecule has 12 heteroatoms. The Morgan fingerprint density at radius 2 is 1.65 bits per heavy atom. The number of esters is 1. The maximum absolute atomic E-state index is 13.8. The van der Waals surface area contributed by atoms with Crippen LogP contribution in [-0.2, 0) is 30.3 Å². The molecule has 3 atom stereocenters.